The van der Waals surface area contributed by atoms with Gasteiger partial charge in [-0.15, -0.1) is 12.3 Å². The maximum absolute atomic E-state index is 13.0. The van der Waals surface area contributed by atoms with Gasteiger partial charge in [-0.25, -0.2) is 4.39 Å². The monoisotopic (exact) mass is 220 g/mol. The van der Waals surface area contributed by atoms with Crippen molar-refractivity contribution in [3.8, 4) is 12.3 Å². The average Bonchev–Trinajstić information content (AvgIpc) is 2.16. The van der Waals surface area contributed by atoms with Crippen molar-refractivity contribution in [2.75, 3.05) is 5.73 Å². The van der Waals surface area contributed by atoms with Crippen LogP contribution in [-0.2, 0) is 0 Å². The first-order valence-corrected chi connectivity index (χ1v) is 4.83. The number of amides is 1. The molecule has 16 heavy (non-hydrogen) atoms. The van der Waals surface area contributed by atoms with Gasteiger partial charge in [-0.3, -0.25) is 4.79 Å². The van der Waals surface area contributed by atoms with Crippen molar-refractivity contribution in [2.24, 2.45) is 0 Å². The lowest BCUT2D eigenvalue weighted by molar-refractivity contribution is 0.0940. The van der Waals surface area contributed by atoms with E-state index >= 15 is 0 Å². The smallest absolute Gasteiger partial charge is 0.251 e. The van der Waals surface area contributed by atoms with Gasteiger partial charge < -0.3 is 11.1 Å². The Bertz CT molecular complexity index is 417. The minimum Gasteiger partial charge on any atom is -0.399 e. The van der Waals surface area contributed by atoms with Crippen molar-refractivity contribution in [1.29, 1.82) is 0 Å². The van der Waals surface area contributed by atoms with Gasteiger partial charge in [-0.05, 0) is 25.1 Å². The van der Waals surface area contributed by atoms with Crippen LogP contribution < -0.4 is 11.1 Å². The van der Waals surface area contributed by atoms with Gasteiger partial charge in [0.15, 0.2) is 0 Å². The summed E-state index contributed by atoms with van der Waals surface area (Å²) in [4.78, 5) is 11.6. The van der Waals surface area contributed by atoms with E-state index in [1.807, 2.05) is 0 Å². The van der Waals surface area contributed by atoms with Gasteiger partial charge >= 0.3 is 0 Å². The molecule has 84 valence electrons. The number of carbonyl (C=O) groups excluding carboxylic acids is 1. The molecule has 4 heteroatoms. The van der Waals surface area contributed by atoms with Crippen LogP contribution >= 0.6 is 0 Å². The fraction of sp³-hybridized carbons (Fsp3) is 0.250. The van der Waals surface area contributed by atoms with Crippen molar-refractivity contribution in [3.63, 3.8) is 0 Å². The molecule has 1 unspecified atom stereocenters. The number of terminal acetylenes is 1. The van der Waals surface area contributed by atoms with Gasteiger partial charge in [0, 0.05) is 23.7 Å². The summed E-state index contributed by atoms with van der Waals surface area (Å²) < 4.78 is 13.0. The number of halogens is 1. The van der Waals surface area contributed by atoms with Gasteiger partial charge in [-0.1, -0.05) is 0 Å². The van der Waals surface area contributed by atoms with Crippen LogP contribution in [0.1, 0.15) is 23.7 Å². The van der Waals surface area contributed by atoms with Gasteiger partial charge in [0.1, 0.15) is 5.82 Å². The highest BCUT2D eigenvalue weighted by Crippen LogP contribution is 2.10. The Labute approximate surface area is 93.8 Å². The summed E-state index contributed by atoms with van der Waals surface area (Å²) in [6.07, 6.45) is 5.54. The normalized spacial score (nSPS) is 11.6. The molecule has 0 aliphatic carbocycles. The largest absolute Gasteiger partial charge is 0.399 e. The predicted molar refractivity (Wildman–Crippen MR) is 61.2 cm³/mol. The molecule has 0 aliphatic heterocycles. The van der Waals surface area contributed by atoms with Crippen LogP contribution in [0.25, 0.3) is 0 Å². The number of rotatable bonds is 3. The lowest BCUT2D eigenvalue weighted by Crippen LogP contribution is -2.32. The number of benzene rings is 1. The number of anilines is 1. The summed E-state index contributed by atoms with van der Waals surface area (Å²) in [5.74, 6) is 1.52. The molecule has 3 N–H and O–H groups in total. The van der Waals surface area contributed by atoms with Crippen molar-refractivity contribution >= 4 is 11.6 Å². The Balaban J connectivity index is 2.77. The Kier molecular flexibility index (Phi) is 3.90. The van der Waals surface area contributed by atoms with Crippen LogP contribution in [0, 0.1) is 18.2 Å². The second-order valence-electron chi connectivity index (χ2n) is 3.56. The first kappa shape index (κ1) is 12.1. The molecule has 0 saturated carbocycles. The van der Waals surface area contributed by atoms with Gasteiger partial charge in [0.25, 0.3) is 5.91 Å². The van der Waals surface area contributed by atoms with E-state index in [2.05, 4.69) is 11.2 Å². The van der Waals surface area contributed by atoms with Gasteiger partial charge in [0.05, 0.1) is 0 Å². The van der Waals surface area contributed by atoms with E-state index < -0.39 is 5.82 Å². The van der Waals surface area contributed by atoms with Crippen LogP contribution in [0.4, 0.5) is 10.1 Å². The van der Waals surface area contributed by atoms with E-state index in [0.717, 1.165) is 12.1 Å². The SMILES string of the molecule is C#CCC(C)NC(=O)c1cc(N)cc(F)c1. The zero-order valence-electron chi connectivity index (χ0n) is 8.96. The van der Waals surface area contributed by atoms with E-state index in [9.17, 15) is 9.18 Å². The predicted octanol–water partition coefficient (Wildman–Crippen LogP) is 1.55. The van der Waals surface area contributed by atoms with Crippen LogP contribution in [-0.4, -0.2) is 11.9 Å². The topological polar surface area (TPSA) is 55.1 Å². The molecule has 0 aromatic heterocycles. The summed E-state index contributed by atoms with van der Waals surface area (Å²) in [5.41, 5.74) is 5.85. The molecule has 1 rings (SSSR count). The highest BCUT2D eigenvalue weighted by atomic mass is 19.1. The molecule has 1 atom stereocenters. The van der Waals surface area contributed by atoms with E-state index in [1.165, 1.54) is 6.07 Å². The zero-order chi connectivity index (χ0) is 12.1. The number of carbonyl (C=O) groups is 1. The molecule has 0 aliphatic rings. The summed E-state index contributed by atoms with van der Waals surface area (Å²) in [6.45, 7) is 1.78. The summed E-state index contributed by atoms with van der Waals surface area (Å²) in [7, 11) is 0. The Morgan fingerprint density at radius 1 is 1.62 bits per heavy atom. The van der Waals surface area contributed by atoms with Crippen LogP contribution in [0.3, 0.4) is 0 Å². The fourth-order valence-electron chi connectivity index (χ4n) is 1.28. The molecule has 0 saturated heterocycles. The number of hydrogen-bond acceptors (Lipinski definition) is 2. The van der Waals surface area contributed by atoms with Gasteiger partial charge in [0.2, 0.25) is 0 Å². The average molecular weight is 220 g/mol. The maximum Gasteiger partial charge on any atom is 0.251 e. The van der Waals surface area contributed by atoms with Gasteiger partial charge in [-0.2, -0.15) is 0 Å². The first-order valence-electron chi connectivity index (χ1n) is 4.83. The molecular formula is C12H13FN2O. The molecule has 0 fully saturated rings. The van der Waals surface area contributed by atoms with Crippen LogP contribution in [0.15, 0.2) is 18.2 Å². The second-order valence-corrected chi connectivity index (χ2v) is 3.56. The molecule has 0 radical (unpaired) electrons. The third-order valence-electron chi connectivity index (χ3n) is 1.98. The standard InChI is InChI=1S/C12H13FN2O/c1-3-4-8(2)15-12(16)9-5-10(13)7-11(14)6-9/h1,5-8H,4,14H2,2H3,(H,15,16). The molecule has 0 heterocycles. The Hall–Kier alpha value is -2.02. The summed E-state index contributed by atoms with van der Waals surface area (Å²) >= 11 is 0. The van der Waals surface area contributed by atoms with Crippen molar-refractivity contribution < 1.29 is 9.18 Å². The third kappa shape index (κ3) is 3.28. The molecule has 1 aromatic rings. The molecule has 0 bridgehead atoms. The fourth-order valence-corrected chi connectivity index (χ4v) is 1.28. The van der Waals surface area contributed by atoms with E-state index in [0.29, 0.717) is 6.42 Å². The first-order chi connectivity index (χ1) is 7.52. The minimum absolute atomic E-state index is 0.151. The highest BCUT2D eigenvalue weighted by molar-refractivity contribution is 5.95. The molecular weight excluding hydrogens is 207 g/mol. The quantitative estimate of drug-likeness (QED) is 0.599. The summed E-state index contributed by atoms with van der Waals surface area (Å²) in [6, 6.07) is 3.55. The van der Waals surface area contributed by atoms with E-state index in [4.69, 9.17) is 12.2 Å². The number of nitrogens with two attached hydrogens (primary N) is 1. The van der Waals surface area contributed by atoms with Crippen LogP contribution in [0.5, 0.6) is 0 Å². The maximum atomic E-state index is 13.0. The second kappa shape index (κ2) is 5.17. The van der Waals surface area contributed by atoms with E-state index in [-0.39, 0.29) is 23.2 Å². The van der Waals surface area contributed by atoms with Crippen molar-refractivity contribution in [1.82, 2.24) is 5.32 Å². The zero-order valence-corrected chi connectivity index (χ0v) is 8.96. The Morgan fingerprint density at radius 2 is 2.31 bits per heavy atom. The lowest BCUT2D eigenvalue weighted by Gasteiger charge is -2.11. The van der Waals surface area contributed by atoms with Crippen molar-refractivity contribution in [2.45, 2.75) is 19.4 Å². The highest BCUT2D eigenvalue weighted by Gasteiger charge is 2.10. The molecule has 1 amide bonds. The van der Waals surface area contributed by atoms with Crippen LogP contribution in [0.2, 0.25) is 0 Å². The third-order valence-corrected chi connectivity index (χ3v) is 1.98. The molecule has 0 spiro atoms. The number of nitrogens with one attached hydrogen (secondary N) is 1. The van der Waals surface area contributed by atoms with Crippen molar-refractivity contribution in [3.05, 3.63) is 29.6 Å². The lowest BCUT2D eigenvalue weighted by atomic mass is 10.1. The minimum atomic E-state index is -0.533. The number of nitrogen functional groups attached to an aromatic ring is 1. The van der Waals surface area contributed by atoms with E-state index in [1.54, 1.807) is 6.92 Å². The molecule has 1 aromatic carbocycles. The molecule has 3 nitrogen and oxygen atoms in total. The Morgan fingerprint density at radius 3 is 2.88 bits per heavy atom. The number of hydrogen-bond donors (Lipinski definition) is 2. The summed E-state index contributed by atoms with van der Waals surface area (Å²) in [5, 5.41) is 2.65.